The normalized spacial score (nSPS) is 59.2. The summed E-state index contributed by atoms with van der Waals surface area (Å²) in [4.78, 5) is 11.9. The van der Waals surface area contributed by atoms with Gasteiger partial charge in [0.15, 0.2) is 0 Å². The molecule has 2 N–H and O–H groups in total. The van der Waals surface area contributed by atoms with Crippen molar-refractivity contribution in [1.29, 1.82) is 0 Å². The van der Waals surface area contributed by atoms with E-state index in [1.807, 2.05) is 6.92 Å². The molecule has 0 bridgehead atoms. The summed E-state index contributed by atoms with van der Waals surface area (Å²) in [6, 6.07) is 0. The predicted octanol–water partition coefficient (Wildman–Crippen LogP) is 3.32. The highest BCUT2D eigenvalue weighted by molar-refractivity contribution is 5.79. The maximum Gasteiger partial charge on any atom is 0.133 e. The van der Waals surface area contributed by atoms with Gasteiger partial charge < -0.3 is 10.2 Å². The molecular weight excluding hydrogens is 288 g/mol. The highest BCUT2D eigenvalue weighted by Gasteiger charge is 2.65. The maximum atomic E-state index is 11.9. The van der Waals surface area contributed by atoms with E-state index in [-0.39, 0.29) is 16.9 Å². The first-order valence-electron chi connectivity index (χ1n) is 9.61. The lowest BCUT2D eigenvalue weighted by molar-refractivity contribution is -0.192. The second-order valence-electron chi connectivity index (χ2n) is 9.82. The van der Waals surface area contributed by atoms with Gasteiger partial charge in [0.05, 0.1) is 11.7 Å². The van der Waals surface area contributed by atoms with Crippen LogP contribution in [0.1, 0.15) is 72.1 Å². The molecule has 0 saturated heterocycles. The molecule has 3 heteroatoms. The quantitative estimate of drug-likeness (QED) is 0.720. The summed E-state index contributed by atoms with van der Waals surface area (Å²) in [5, 5.41) is 22.1. The van der Waals surface area contributed by atoms with E-state index < -0.39 is 5.60 Å². The van der Waals surface area contributed by atoms with Crippen LogP contribution in [0.3, 0.4) is 0 Å². The molecule has 0 aromatic rings. The van der Waals surface area contributed by atoms with Crippen molar-refractivity contribution in [1.82, 2.24) is 0 Å². The summed E-state index contributed by atoms with van der Waals surface area (Å²) in [5.41, 5.74) is -0.683. The molecule has 4 aliphatic rings. The minimum absolute atomic E-state index is 0.117. The first kappa shape index (κ1) is 16.1. The fourth-order valence-corrected chi connectivity index (χ4v) is 7.39. The Morgan fingerprint density at radius 3 is 2.57 bits per heavy atom. The summed E-state index contributed by atoms with van der Waals surface area (Å²) in [6.45, 7) is 6.54. The van der Waals surface area contributed by atoms with Crippen LogP contribution in [0.25, 0.3) is 0 Å². The summed E-state index contributed by atoms with van der Waals surface area (Å²) < 4.78 is 0. The number of hydrogen-bond donors (Lipinski definition) is 2. The van der Waals surface area contributed by atoms with Gasteiger partial charge in [-0.2, -0.15) is 0 Å². The smallest absolute Gasteiger partial charge is 0.133 e. The van der Waals surface area contributed by atoms with Gasteiger partial charge in [0.1, 0.15) is 5.78 Å². The fourth-order valence-electron chi connectivity index (χ4n) is 7.39. The highest BCUT2D eigenvalue weighted by Crippen LogP contribution is 2.67. The first-order valence-corrected chi connectivity index (χ1v) is 9.61. The number of fused-ring (bicyclic) bond motifs is 5. The molecule has 0 unspecified atom stereocenters. The average Bonchev–Trinajstić information content (AvgIpc) is 2.69. The van der Waals surface area contributed by atoms with Crippen molar-refractivity contribution < 1.29 is 15.0 Å². The van der Waals surface area contributed by atoms with Crippen molar-refractivity contribution in [3.63, 3.8) is 0 Å². The Labute approximate surface area is 139 Å². The number of Topliss-reactive ketones (excluding diaryl/α,β-unsaturated/α-hetero) is 1. The molecule has 0 heterocycles. The average molecular weight is 320 g/mol. The molecule has 4 fully saturated rings. The van der Waals surface area contributed by atoms with Crippen molar-refractivity contribution in [2.75, 3.05) is 0 Å². The molecule has 8 atom stereocenters. The minimum Gasteiger partial charge on any atom is -0.393 e. The standard InChI is InChI=1S/C20H32O3/c1-18-8-6-13(21)10-12(18)4-5-14-15-7-9-20(3,23)19(15,2)11-16(22)17(14)18/h12,14-17,22-23H,4-11H2,1-3H3/t12-,14-,15-,16+,17+,18-,19-,20-/m0/s1. The summed E-state index contributed by atoms with van der Waals surface area (Å²) >= 11 is 0. The molecule has 0 spiro atoms. The van der Waals surface area contributed by atoms with E-state index in [4.69, 9.17) is 0 Å². The number of hydrogen-bond acceptors (Lipinski definition) is 3. The molecule has 3 nitrogen and oxygen atoms in total. The van der Waals surface area contributed by atoms with Crippen LogP contribution in [0.15, 0.2) is 0 Å². The third kappa shape index (κ3) is 1.99. The summed E-state index contributed by atoms with van der Waals surface area (Å²) in [6.07, 6.45) is 6.99. The molecule has 0 aromatic heterocycles. The molecule has 0 aromatic carbocycles. The van der Waals surface area contributed by atoms with Crippen LogP contribution in [0.5, 0.6) is 0 Å². The number of carbonyl (C=O) groups is 1. The second-order valence-corrected chi connectivity index (χ2v) is 9.82. The maximum absolute atomic E-state index is 11.9. The van der Waals surface area contributed by atoms with Gasteiger partial charge in [0.25, 0.3) is 0 Å². The summed E-state index contributed by atoms with van der Waals surface area (Å²) in [5.74, 6) is 2.26. The monoisotopic (exact) mass is 320 g/mol. The van der Waals surface area contributed by atoms with E-state index in [9.17, 15) is 15.0 Å². The van der Waals surface area contributed by atoms with Gasteiger partial charge in [0.2, 0.25) is 0 Å². The molecule has 130 valence electrons. The van der Waals surface area contributed by atoms with E-state index >= 15 is 0 Å². The molecule has 0 radical (unpaired) electrons. The minimum atomic E-state index is -0.649. The second kappa shape index (κ2) is 4.82. The number of ketones is 1. The Hall–Kier alpha value is -0.410. The van der Waals surface area contributed by atoms with Gasteiger partial charge >= 0.3 is 0 Å². The zero-order valence-corrected chi connectivity index (χ0v) is 14.8. The molecule has 0 aliphatic heterocycles. The van der Waals surface area contributed by atoms with Crippen LogP contribution in [0.4, 0.5) is 0 Å². The van der Waals surface area contributed by atoms with Crippen molar-refractivity contribution >= 4 is 5.78 Å². The topological polar surface area (TPSA) is 57.5 Å². The van der Waals surface area contributed by atoms with Crippen LogP contribution >= 0.6 is 0 Å². The Balaban J connectivity index is 1.70. The van der Waals surface area contributed by atoms with Crippen LogP contribution in [-0.2, 0) is 4.79 Å². The molecule has 4 aliphatic carbocycles. The van der Waals surface area contributed by atoms with E-state index in [0.717, 1.165) is 44.9 Å². The van der Waals surface area contributed by atoms with E-state index in [1.54, 1.807) is 0 Å². The highest BCUT2D eigenvalue weighted by atomic mass is 16.3. The van der Waals surface area contributed by atoms with Crippen molar-refractivity contribution in [3.05, 3.63) is 0 Å². The van der Waals surface area contributed by atoms with E-state index in [1.165, 1.54) is 0 Å². The van der Waals surface area contributed by atoms with Gasteiger partial charge in [0, 0.05) is 18.3 Å². The lowest BCUT2D eigenvalue weighted by atomic mass is 9.44. The van der Waals surface area contributed by atoms with E-state index in [0.29, 0.717) is 35.9 Å². The molecule has 4 saturated carbocycles. The van der Waals surface area contributed by atoms with E-state index in [2.05, 4.69) is 13.8 Å². The van der Waals surface area contributed by atoms with Gasteiger partial charge in [-0.25, -0.2) is 0 Å². The van der Waals surface area contributed by atoms with Crippen LogP contribution in [0, 0.1) is 34.5 Å². The first-order chi connectivity index (χ1) is 10.7. The van der Waals surface area contributed by atoms with Crippen LogP contribution in [-0.4, -0.2) is 27.7 Å². The lowest BCUT2D eigenvalue weighted by Crippen LogP contribution is -2.60. The van der Waals surface area contributed by atoms with Crippen molar-refractivity contribution in [2.24, 2.45) is 34.5 Å². The lowest BCUT2D eigenvalue weighted by Gasteiger charge is -2.62. The number of aliphatic hydroxyl groups excluding tert-OH is 1. The predicted molar refractivity (Wildman–Crippen MR) is 88.7 cm³/mol. The summed E-state index contributed by atoms with van der Waals surface area (Å²) in [7, 11) is 0. The number of rotatable bonds is 0. The SMILES string of the molecule is C[C@]12CCC(=O)C[C@@H]1CC[C@@H]1[C@@H]2[C@H](O)C[C@@]2(C)[C@H]1CC[C@]2(C)O. The Morgan fingerprint density at radius 2 is 1.83 bits per heavy atom. The van der Waals surface area contributed by atoms with Crippen molar-refractivity contribution in [2.45, 2.75) is 83.8 Å². The third-order valence-electron chi connectivity index (χ3n) is 8.98. The van der Waals surface area contributed by atoms with Gasteiger partial charge in [-0.15, -0.1) is 0 Å². The molecule has 4 rings (SSSR count). The van der Waals surface area contributed by atoms with Crippen LogP contribution in [0.2, 0.25) is 0 Å². The zero-order valence-electron chi connectivity index (χ0n) is 14.8. The fraction of sp³-hybridized carbons (Fsp3) is 0.950. The molecular formula is C20H32O3. The number of aliphatic hydroxyl groups is 2. The molecule has 0 amide bonds. The Morgan fingerprint density at radius 1 is 1.09 bits per heavy atom. The van der Waals surface area contributed by atoms with Gasteiger partial charge in [-0.1, -0.05) is 13.8 Å². The zero-order chi connectivity index (χ0) is 16.6. The van der Waals surface area contributed by atoms with Gasteiger partial charge in [-0.05, 0) is 74.5 Å². The Kier molecular flexibility index (Phi) is 3.37. The van der Waals surface area contributed by atoms with Crippen molar-refractivity contribution in [3.8, 4) is 0 Å². The third-order valence-corrected chi connectivity index (χ3v) is 8.98. The Bertz CT molecular complexity index is 527. The number of carbonyl (C=O) groups excluding carboxylic acids is 1. The largest absolute Gasteiger partial charge is 0.393 e. The van der Waals surface area contributed by atoms with Gasteiger partial charge in [-0.3, -0.25) is 4.79 Å². The van der Waals surface area contributed by atoms with Crippen LogP contribution < -0.4 is 0 Å². The molecule has 23 heavy (non-hydrogen) atoms.